The molecule has 1 aliphatic heterocycles. The maximum absolute atomic E-state index is 12.6. The molecule has 0 aliphatic carbocycles. The van der Waals surface area contributed by atoms with Gasteiger partial charge in [0.05, 0.1) is 11.4 Å². The second-order valence-corrected chi connectivity index (χ2v) is 7.74. The summed E-state index contributed by atoms with van der Waals surface area (Å²) >= 11 is 5.98. The lowest BCUT2D eigenvalue weighted by molar-refractivity contribution is 0.0834. The number of aromatic nitrogens is 1. The number of carbonyl (C=O) groups excluding carboxylic acids is 1. The summed E-state index contributed by atoms with van der Waals surface area (Å²) in [4.78, 5) is 19.9. The number of Topliss-reactive ketones (excluding diaryl/α,β-unsaturated/α-hetero) is 1. The topological polar surface area (TPSA) is 33.2 Å². The predicted molar refractivity (Wildman–Crippen MR) is 113 cm³/mol. The largest absolute Gasteiger partial charge is 0.297 e. The lowest BCUT2D eigenvalue weighted by atomic mass is 9.89. The van der Waals surface area contributed by atoms with Crippen LogP contribution in [-0.4, -0.2) is 28.8 Å². The normalized spacial score (nSPS) is 15.5. The number of halogens is 1. The summed E-state index contributed by atoms with van der Waals surface area (Å²) < 4.78 is 0. The summed E-state index contributed by atoms with van der Waals surface area (Å²) in [6.45, 7) is 2.67. The van der Waals surface area contributed by atoms with Gasteiger partial charge >= 0.3 is 0 Å². The van der Waals surface area contributed by atoms with Crippen LogP contribution >= 0.6 is 11.6 Å². The molecule has 2 heterocycles. The van der Waals surface area contributed by atoms with Crippen LogP contribution in [0.25, 0.3) is 11.3 Å². The van der Waals surface area contributed by atoms with E-state index < -0.39 is 0 Å². The van der Waals surface area contributed by atoms with Crippen LogP contribution in [0.2, 0.25) is 5.02 Å². The molecule has 142 valence electrons. The highest BCUT2D eigenvalue weighted by molar-refractivity contribution is 6.30. The molecule has 1 aliphatic rings. The van der Waals surface area contributed by atoms with E-state index >= 15 is 0 Å². The molecule has 0 amide bonds. The summed E-state index contributed by atoms with van der Waals surface area (Å²) in [5, 5.41) is 0.729. The van der Waals surface area contributed by atoms with E-state index in [1.165, 1.54) is 0 Å². The average Bonchev–Trinajstić information content (AvgIpc) is 2.75. The molecule has 1 saturated heterocycles. The zero-order chi connectivity index (χ0) is 19.3. The molecule has 28 heavy (non-hydrogen) atoms. The van der Waals surface area contributed by atoms with E-state index in [1.807, 2.05) is 60.7 Å². The van der Waals surface area contributed by atoms with Gasteiger partial charge in [0.1, 0.15) is 0 Å². The van der Waals surface area contributed by atoms with Crippen molar-refractivity contribution in [2.75, 3.05) is 13.1 Å². The van der Waals surface area contributed by atoms with Gasteiger partial charge in [-0.3, -0.25) is 14.7 Å². The summed E-state index contributed by atoms with van der Waals surface area (Å²) in [5.41, 5.74) is 3.92. The Labute approximate surface area is 171 Å². The zero-order valence-electron chi connectivity index (χ0n) is 15.7. The Kier molecular flexibility index (Phi) is 5.84. The molecule has 1 aromatic heterocycles. The van der Waals surface area contributed by atoms with Crippen LogP contribution in [-0.2, 0) is 6.54 Å². The highest BCUT2D eigenvalue weighted by Crippen LogP contribution is 2.24. The maximum Gasteiger partial charge on any atom is 0.166 e. The van der Waals surface area contributed by atoms with Crippen molar-refractivity contribution >= 4 is 17.4 Å². The number of hydrogen-bond acceptors (Lipinski definition) is 3. The van der Waals surface area contributed by atoms with Gasteiger partial charge in [0, 0.05) is 28.6 Å². The molecule has 0 spiro atoms. The number of likely N-dealkylation sites (tertiary alicyclic amines) is 1. The van der Waals surface area contributed by atoms with Gasteiger partial charge < -0.3 is 0 Å². The molecule has 3 nitrogen and oxygen atoms in total. The zero-order valence-corrected chi connectivity index (χ0v) is 16.5. The molecule has 4 heteroatoms. The van der Waals surface area contributed by atoms with Gasteiger partial charge in [0.25, 0.3) is 0 Å². The third kappa shape index (κ3) is 4.49. The molecule has 2 aromatic carbocycles. The van der Waals surface area contributed by atoms with Gasteiger partial charge in [-0.1, -0.05) is 60.1 Å². The van der Waals surface area contributed by atoms with Crippen LogP contribution in [0, 0.1) is 5.92 Å². The van der Waals surface area contributed by atoms with Crippen molar-refractivity contribution in [2.45, 2.75) is 19.4 Å². The number of rotatable bonds is 5. The standard InChI is InChI=1S/C24H23ClN2O/c25-21-11-9-18(10-12-21)23-8-4-7-22(26-23)17-27-15-13-20(14-16-27)24(28)19-5-2-1-3-6-19/h1-12,20H,13-17H2. The fraction of sp³-hybridized carbons (Fsp3) is 0.250. The first-order valence-electron chi connectivity index (χ1n) is 9.72. The van der Waals surface area contributed by atoms with Crippen LogP contribution in [0.4, 0.5) is 0 Å². The summed E-state index contributed by atoms with van der Waals surface area (Å²) in [7, 11) is 0. The average molecular weight is 391 g/mol. The predicted octanol–water partition coefficient (Wildman–Crippen LogP) is 5.50. The third-order valence-corrected chi connectivity index (χ3v) is 5.60. The first-order valence-corrected chi connectivity index (χ1v) is 10.1. The third-order valence-electron chi connectivity index (χ3n) is 5.35. The van der Waals surface area contributed by atoms with Crippen molar-refractivity contribution in [1.82, 2.24) is 9.88 Å². The number of piperidine rings is 1. The molecule has 1 fully saturated rings. The molecule has 0 unspecified atom stereocenters. The Morgan fingerprint density at radius 2 is 1.64 bits per heavy atom. The van der Waals surface area contributed by atoms with Crippen molar-refractivity contribution in [2.24, 2.45) is 5.92 Å². The molecule has 0 atom stereocenters. The summed E-state index contributed by atoms with van der Waals surface area (Å²) in [6.07, 6.45) is 1.81. The highest BCUT2D eigenvalue weighted by atomic mass is 35.5. The maximum atomic E-state index is 12.6. The van der Waals surface area contributed by atoms with Crippen LogP contribution in [0.3, 0.4) is 0 Å². The molecular weight excluding hydrogens is 368 g/mol. The number of benzene rings is 2. The molecule has 0 saturated carbocycles. The number of ketones is 1. The lowest BCUT2D eigenvalue weighted by Crippen LogP contribution is -2.36. The van der Waals surface area contributed by atoms with Crippen LogP contribution < -0.4 is 0 Å². The Hall–Kier alpha value is -2.49. The highest BCUT2D eigenvalue weighted by Gasteiger charge is 2.25. The molecule has 0 radical (unpaired) electrons. The summed E-state index contributed by atoms with van der Waals surface area (Å²) in [5.74, 6) is 0.412. The Balaban J connectivity index is 1.37. The van der Waals surface area contributed by atoms with Crippen molar-refractivity contribution in [1.29, 1.82) is 0 Å². The van der Waals surface area contributed by atoms with Gasteiger partial charge in [-0.25, -0.2) is 0 Å². The van der Waals surface area contributed by atoms with E-state index in [9.17, 15) is 4.79 Å². The van der Waals surface area contributed by atoms with E-state index in [-0.39, 0.29) is 11.7 Å². The van der Waals surface area contributed by atoms with Gasteiger partial charge in [-0.15, -0.1) is 0 Å². The monoisotopic (exact) mass is 390 g/mol. The fourth-order valence-corrected chi connectivity index (χ4v) is 3.90. The smallest absolute Gasteiger partial charge is 0.166 e. The molecule has 4 rings (SSSR count). The Morgan fingerprint density at radius 1 is 0.929 bits per heavy atom. The summed E-state index contributed by atoms with van der Waals surface area (Å²) in [6, 6.07) is 23.6. The minimum Gasteiger partial charge on any atom is -0.297 e. The van der Waals surface area contributed by atoms with Gasteiger partial charge in [-0.05, 0) is 50.2 Å². The van der Waals surface area contributed by atoms with Gasteiger partial charge in [-0.2, -0.15) is 0 Å². The van der Waals surface area contributed by atoms with Crippen molar-refractivity contribution in [3.8, 4) is 11.3 Å². The molecular formula is C24H23ClN2O. The Morgan fingerprint density at radius 3 is 2.36 bits per heavy atom. The molecule has 3 aromatic rings. The van der Waals surface area contributed by atoms with Gasteiger partial charge in [0.2, 0.25) is 0 Å². The van der Waals surface area contributed by atoms with E-state index in [1.54, 1.807) is 0 Å². The van der Waals surface area contributed by atoms with E-state index in [4.69, 9.17) is 16.6 Å². The fourth-order valence-electron chi connectivity index (χ4n) is 3.77. The minimum absolute atomic E-state index is 0.131. The number of nitrogens with zero attached hydrogens (tertiary/aromatic N) is 2. The number of hydrogen-bond donors (Lipinski definition) is 0. The first kappa shape index (κ1) is 18.9. The van der Waals surface area contributed by atoms with Crippen molar-refractivity contribution < 1.29 is 4.79 Å². The van der Waals surface area contributed by atoms with Gasteiger partial charge in [0.15, 0.2) is 5.78 Å². The van der Waals surface area contributed by atoms with E-state index in [2.05, 4.69) is 17.0 Å². The van der Waals surface area contributed by atoms with Crippen LogP contribution in [0.1, 0.15) is 28.9 Å². The SMILES string of the molecule is O=C(c1ccccc1)C1CCN(Cc2cccc(-c3ccc(Cl)cc3)n2)CC1. The quantitative estimate of drug-likeness (QED) is 0.539. The second-order valence-electron chi connectivity index (χ2n) is 7.30. The lowest BCUT2D eigenvalue weighted by Gasteiger charge is -2.31. The van der Waals surface area contributed by atoms with Crippen LogP contribution in [0.15, 0.2) is 72.8 Å². The first-order chi connectivity index (χ1) is 13.7. The molecule has 0 N–H and O–H groups in total. The minimum atomic E-state index is 0.131. The molecule has 0 bridgehead atoms. The van der Waals surface area contributed by atoms with E-state index in [0.717, 1.165) is 60.0 Å². The second kappa shape index (κ2) is 8.68. The Bertz CT molecular complexity index is 932. The van der Waals surface area contributed by atoms with Crippen LogP contribution in [0.5, 0.6) is 0 Å². The van der Waals surface area contributed by atoms with E-state index in [0.29, 0.717) is 0 Å². The van der Waals surface area contributed by atoms with Crippen molar-refractivity contribution in [3.05, 3.63) is 89.1 Å². The number of pyridine rings is 1. The van der Waals surface area contributed by atoms with Crippen molar-refractivity contribution in [3.63, 3.8) is 0 Å². The number of carbonyl (C=O) groups is 1.